The number of hydrogen-bond acceptors (Lipinski definition) is 5. The molecular formula is C12H19N3O3S. The van der Waals surface area contributed by atoms with Crippen molar-refractivity contribution in [3.05, 3.63) is 5.82 Å². The Morgan fingerprint density at radius 1 is 1.58 bits per heavy atom. The van der Waals surface area contributed by atoms with E-state index in [0.717, 1.165) is 18.7 Å². The van der Waals surface area contributed by atoms with Crippen LogP contribution in [0.25, 0.3) is 0 Å². The van der Waals surface area contributed by atoms with Gasteiger partial charge in [0.1, 0.15) is 5.82 Å². The minimum atomic E-state index is -0.843. The highest BCUT2D eigenvalue weighted by Gasteiger charge is 2.32. The number of carboxylic acid groups (broad SMARTS) is 1. The fourth-order valence-electron chi connectivity index (χ4n) is 2.42. The molecule has 0 saturated carbocycles. The van der Waals surface area contributed by atoms with Crippen LogP contribution < -0.4 is 0 Å². The fraction of sp³-hybridized carbons (Fsp3) is 0.750. The monoisotopic (exact) mass is 285 g/mol. The molecule has 1 aromatic rings. The number of carboxylic acids is 1. The van der Waals surface area contributed by atoms with Crippen LogP contribution in [0.5, 0.6) is 0 Å². The zero-order valence-electron chi connectivity index (χ0n) is 11.4. The molecule has 6 nitrogen and oxygen atoms in total. The number of aryl methyl sites for hydroxylation is 1. The highest BCUT2D eigenvalue weighted by Crippen LogP contribution is 2.34. The highest BCUT2D eigenvalue weighted by molar-refractivity contribution is 7.99. The average molecular weight is 285 g/mol. The van der Waals surface area contributed by atoms with Gasteiger partial charge in [0, 0.05) is 12.6 Å². The largest absolute Gasteiger partial charge is 0.481 e. The molecule has 1 aromatic heterocycles. The Hall–Kier alpha value is -1.08. The zero-order chi connectivity index (χ0) is 14.0. The molecule has 0 radical (unpaired) electrons. The summed E-state index contributed by atoms with van der Waals surface area (Å²) in [4.78, 5) is 10.7. The van der Waals surface area contributed by atoms with Crippen LogP contribution in [-0.4, -0.2) is 43.8 Å². The predicted molar refractivity (Wildman–Crippen MR) is 71.4 cm³/mol. The molecule has 7 heteroatoms. The number of aliphatic carboxylic acids is 1. The Morgan fingerprint density at radius 2 is 2.32 bits per heavy atom. The minimum absolute atomic E-state index is 0.00471. The molecule has 1 fully saturated rings. The summed E-state index contributed by atoms with van der Waals surface area (Å²) in [5.74, 6) is -0.00909. The molecule has 1 unspecified atom stereocenters. The first kappa shape index (κ1) is 14.3. The molecule has 2 rings (SSSR count). The second-order valence-corrected chi connectivity index (χ2v) is 6.28. The number of aromatic nitrogens is 3. The number of rotatable bonds is 4. The van der Waals surface area contributed by atoms with E-state index in [1.807, 2.05) is 6.92 Å². The zero-order valence-corrected chi connectivity index (χ0v) is 12.2. The highest BCUT2D eigenvalue weighted by atomic mass is 32.2. The van der Waals surface area contributed by atoms with E-state index in [0.29, 0.717) is 11.8 Å². The number of nitrogens with zero attached hydrogens (tertiary/aromatic N) is 3. The van der Waals surface area contributed by atoms with Crippen molar-refractivity contribution in [2.24, 2.45) is 0 Å². The summed E-state index contributed by atoms with van der Waals surface area (Å²) in [6.07, 6.45) is 1.79. The molecule has 1 N–H and O–H groups in total. The van der Waals surface area contributed by atoms with E-state index in [9.17, 15) is 4.79 Å². The number of hydrogen-bond donors (Lipinski definition) is 1. The first-order valence-electron chi connectivity index (χ1n) is 6.29. The molecule has 2 heterocycles. The first-order valence-corrected chi connectivity index (χ1v) is 7.28. The Labute approximate surface area is 116 Å². The Bertz CT molecular complexity index is 473. The van der Waals surface area contributed by atoms with Crippen LogP contribution in [0.15, 0.2) is 5.16 Å². The summed E-state index contributed by atoms with van der Waals surface area (Å²) in [5, 5.41) is 17.6. The van der Waals surface area contributed by atoms with Gasteiger partial charge in [-0.2, -0.15) is 0 Å². The molecular weight excluding hydrogens is 266 g/mol. The van der Waals surface area contributed by atoms with E-state index < -0.39 is 5.97 Å². The summed E-state index contributed by atoms with van der Waals surface area (Å²) in [6.45, 7) is 6.75. The molecule has 0 amide bonds. The van der Waals surface area contributed by atoms with Crippen LogP contribution in [0.3, 0.4) is 0 Å². The maximum atomic E-state index is 10.7. The Balaban J connectivity index is 2.18. The van der Waals surface area contributed by atoms with Crippen LogP contribution in [-0.2, 0) is 9.53 Å². The topological polar surface area (TPSA) is 77.2 Å². The summed E-state index contributed by atoms with van der Waals surface area (Å²) >= 11 is 1.22. The van der Waals surface area contributed by atoms with E-state index in [1.165, 1.54) is 11.8 Å². The minimum Gasteiger partial charge on any atom is -0.481 e. The smallest absolute Gasteiger partial charge is 0.313 e. The van der Waals surface area contributed by atoms with Crippen LogP contribution in [0.1, 0.15) is 38.6 Å². The Morgan fingerprint density at radius 3 is 2.95 bits per heavy atom. The molecule has 19 heavy (non-hydrogen) atoms. The SMILES string of the molecule is Cc1nnc(SCC(=O)O)n1C1CCOC(C)(C)C1. The van der Waals surface area contributed by atoms with E-state index in [-0.39, 0.29) is 17.4 Å². The third-order valence-corrected chi connectivity index (χ3v) is 4.12. The quantitative estimate of drug-likeness (QED) is 0.851. The number of thioether (sulfide) groups is 1. The molecule has 0 bridgehead atoms. The lowest BCUT2D eigenvalue weighted by Gasteiger charge is -2.36. The van der Waals surface area contributed by atoms with Gasteiger partial charge in [0.05, 0.1) is 11.4 Å². The van der Waals surface area contributed by atoms with E-state index in [1.54, 1.807) is 0 Å². The maximum absolute atomic E-state index is 10.7. The van der Waals surface area contributed by atoms with Gasteiger partial charge in [0.15, 0.2) is 5.16 Å². The normalized spacial score (nSPS) is 22.4. The fourth-order valence-corrected chi connectivity index (χ4v) is 3.19. The van der Waals surface area contributed by atoms with Crippen molar-refractivity contribution < 1.29 is 14.6 Å². The van der Waals surface area contributed by atoms with Crippen LogP contribution in [0, 0.1) is 6.92 Å². The van der Waals surface area contributed by atoms with Crippen molar-refractivity contribution in [3.8, 4) is 0 Å². The van der Waals surface area contributed by atoms with Crippen molar-refractivity contribution in [3.63, 3.8) is 0 Å². The van der Waals surface area contributed by atoms with Crippen LogP contribution >= 0.6 is 11.8 Å². The molecule has 0 spiro atoms. The van der Waals surface area contributed by atoms with Crippen molar-refractivity contribution in [2.45, 2.75) is 50.4 Å². The van der Waals surface area contributed by atoms with Crippen molar-refractivity contribution in [2.75, 3.05) is 12.4 Å². The summed E-state index contributed by atoms with van der Waals surface area (Å²) < 4.78 is 7.77. The van der Waals surface area contributed by atoms with Crippen LogP contribution in [0.2, 0.25) is 0 Å². The first-order chi connectivity index (χ1) is 8.89. The average Bonchev–Trinajstić information content (AvgIpc) is 2.66. The molecule has 106 valence electrons. The second-order valence-electron chi connectivity index (χ2n) is 5.34. The van der Waals surface area contributed by atoms with E-state index in [4.69, 9.17) is 9.84 Å². The van der Waals surface area contributed by atoms with Gasteiger partial charge in [-0.05, 0) is 33.6 Å². The number of ether oxygens (including phenoxy) is 1. The summed E-state index contributed by atoms with van der Waals surface area (Å²) in [5.41, 5.74) is -0.158. The molecule has 1 aliphatic heterocycles. The van der Waals surface area contributed by atoms with Gasteiger partial charge in [-0.1, -0.05) is 11.8 Å². The molecule has 1 aliphatic rings. The van der Waals surface area contributed by atoms with Crippen molar-refractivity contribution in [1.29, 1.82) is 0 Å². The van der Waals surface area contributed by atoms with Gasteiger partial charge in [-0.3, -0.25) is 4.79 Å². The third kappa shape index (κ3) is 3.48. The van der Waals surface area contributed by atoms with E-state index in [2.05, 4.69) is 28.6 Å². The predicted octanol–water partition coefficient (Wildman–Crippen LogP) is 1.89. The van der Waals surface area contributed by atoms with Gasteiger partial charge in [-0.25, -0.2) is 0 Å². The van der Waals surface area contributed by atoms with Gasteiger partial charge in [0.25, 0.3) is 0 Å². The van der Waals surface area contributed by atoms with Gasteiger partial charge < -0.3 is 14.4 Å². The summed E-state index contributed by atoms with van der Waals surface area (Å²) in [7, 11) is 0. The van der Waals surface area contributed by atoms with Gasteiger partial charge >= 0.3 is 5.97 Å². The van der Waals surface area contributed by atoms with Crippen molar-refractivity contribution >= 4 is 17.7 Å². The second kappa shape index (κ2) is 5.50. The molecule has 1 saturated heterocycles. The Kier molecular flexibility index (Phi) is 4.15. The molecule has 0 aromatic carbocycles. The molecule has 0 aliphatic carbocycles. The lowest BCUT2D eigenvalue weighted by molar-refractivity contribution is -0.133. The number of carbonyl (C=O) groups is 1. The molecule has 1 atom stereocenters. The van der Waals surface area contributed by atoms with E-state index >= 15 is 0 Å². The standard InChI is InChI=1S/C12H19N3O3S/c1-8-13-14-11(19-7-10(16)17)15(8)9-4-5-18-12(2,3)6-9/h9H,4-7H2,1-3H3,(H,16,17). The van der Waals surface area contributed by atoms with Gasteiger partial charge in [0.2, 0.25) is 0 Å². The van der Waals surface area contributed by atoms with Gasteiger partial charge in [-0.15, -0.1) is 10.2 Å². The summed E-state index contributed by atoms with van der Waals surface area (Å²) in [6, 6.07) is 0.273. The maximum Gasteiger partial charge on any atom is 0.313 e. The lowest BCUT2D eigenvalue weighted by atomic mass is 9.94. The van der Waals surface area contributed by atoms with Crippen molar-refractivity contribution in [1.82, 2.24) is 14.8 Å². The lowest BCUT2D eigenvalue weighted by Crippen LogP contribution is -2.35. The third-order valence-electron chi connectivity index (χ3n) is 3.20. The van der Waals surface area contributed by atoms with Crippen LogP contribution in [0.4, 0.5) is 0 Å².